The number of nitrogens with zero attached hydrogens (tertiary/aromatic N) is 1. The first-order valence-electron chi connectivity index (χ1n) is 6.30. The molecule has 16 heavy (non-hydrogen) atoms. The van der Waals surface area contributed by atoms with Gasteiger partial charge in [-0.2, -0.15) is 0 Å². The molecule has 1 aliphatic rings. The van der Waals surface area contributed by atoms with Crippen LogP contribution in [0.5, 0.6) is 0 Å². The highest BCUT2D eigenvalue weighted by Gasteiger charge is 2.24. The van der Waals surface area contributed by atoms with Gasteiger partial charge in [-0.15, -0.1) is 0 Å². The molecule has 0 spiro atoms. The maximum Gasteiger partial charge on any atom is 0.234 e. The molecule has 0 saturated carbocycles. The number of aliphatic hydroxyl groups is 1. The van der Waals surface area contributed by atoms with Crippen LogP contribution in [-0.4, -0.2) is 48.2 Å². The van der Waals surface area contributed by atoms with Crippen LogP contribution in [0.2, 0.25) is 0 Å². The van der Waals surface area contributed by atoms with Gasteiger partial charge in [-0.25, -0.2) is 0 Å². The van der Waals surface area contributed by atoms with Gasteiger partial charge in [-0.3, -0.25) is 9.69 Å². The Morgan fingerprint density at radius 1 is 1.56 bits per heavy atom. The van der Waals surface area contributed by atoms with Gasteiger partial charge in [0.2, 0.25) is 5.91 Å². The van der Waals surface area contributed by atoms with Crippen molar-refractivity contribution in [1.29, 1.82) is 0 Å². The average Bonchev–Trinajstić information content (AvgIpc) is 2.24. The molecule has 94 valence electrons. The Morgan fingerprint density at radius 2 is 2.31 bits per heavy atom. The Hall–Kier alpha value is -0.610. The molecule has 1 rings (SSSR count). The van der Waals surface area contributed by atoms with Crippen molar-refractivity contribution >= 4 is 5.91 Å². The van der Waals surface area contributed by atoms with E-state index >= 15 is 0 Å². The van der Waals surface area contributed by atoms with Gasteiger partial charge >= 0.3 is 0 Å². The van der Waals surface area contributed by atoms with Crippen LogP contribution in [0, 0.1) is 5.92 Å². The molecule has 0 radical (unpaired) electrons. The standard InChI is InChI=1S/C12H24N2O2/c1-3-4-6-13-12(16)9-14-7-5-11(15)10(2)8-14/h10-11,15H,3-9H2,1-2H3,(H,13,16). The zero-order valence-corrected chi connectivity index (χ0v) is 10.4. The summed E-state index contributed by atoms with van der Waals surface area (Å²) in [7, 11) is 0. The first-order valence-corrected chi connectivity index (χ1v) is 6.30. The summed E-state index contributed by atoms with van der Waals surface area (Å²) in [5.74, 6) is 0.384. The fourth-order valence-corrected chi connectivity index (χ4v) is 2.03. The van der Waals surface area contributed by atoms with E-state index < -0.39 is 0 Å². The first kappa shape index (κ1) is 13.5. The fourth-order valence-electron chi connectivity index (χ4n) is 2.03. The molecule has 0 bridgehead atoms. The van der Waals surface area contributed by atoms with E-state index in [1.165, 1.54) is 0 Å². The summed E-state index contributed by atoms with van der Waals surface area (Å²) in [5.41, 5.74) is 0. The Morgan fingerprint density at radius 3 is 2.94 bits per heavy atom. The van der Waals surface area contributed by atoms with Crippen LogP contribution in [0.3, 0.4) is 0 Å². The van der Waals surface area contributed by atoms with Gasteiger partial charge in [0.25, 0.3) is 0 Å². The number of carbonyl (C=O) groups is 1. The molecule has 1 amide bonds. The van der Waals surface area contributed by atoms with Crippen molar-refractivity contribution in [2.24, 2.45) is 5.92 Å². The molecule has 1 heterocycles. The molecule has 0 aromatic carbocycles. The largest absolute Gasteiger partial charge is 0.393 e. The highest BCUT2D eigenvalue weighted by Crippen LogP contribution is 2.15. The molecule has 0 aromatic heterocycles. The van der Waals surface area contributed by atoms with E-state index in [1.54, 1.807) is 0 Å². The average molecular weight is 228 g/mol. The quantitative estimate of drug-likeness (QED) is 0.678. The lowest BCUT2D eigenvalue weighted by atomic mass is 9.97. The van der Waals surface area contributed by atoms with Gasteiger partial charge in [-0.1, -0.05) is 20.3 Å². The maximum absolute atomic E-state index is 11.6. The molecule has 2 atom stereocenters. The number of hydrogen-bond acceptors (Lipinski definition) is 3. The molecule has 0 aromatic rings. The second-order valence-corrected chi connectivity index (χ2v) is 4.77. The predicted octanol–water partition coefficient (Wildman–Crippen LogP) is 0.605. The summed E-state index contributed by atoms with van der Waals surface area (Å²) >= 11 is 0. The van der Waals surface area contributed by atoms with E-state index in [1.807, 2.05) is 6.92 Å². The summed E-state index contributed by atoms with van der Waals surface area (Å²) in [6, 6.07) is 0. The zero-order chi connectivity index (χ0) is 12.0. The van der Waals surface area contributed by atoms with E-state index in [-0.39, 0.29) is 17.9 Å². The smallest absolute Gasteiger partial charge is 0.234 e. The molecule has 1 aliphatic heterocycles. The topological polar surface area (TPSA) is 52.6 Å². The van der Waals surface area contributed by atoms with Crippen LogP contribution in [0.15, 0.2) is 0 Å². The summed E-state index contributed by atoms with van der Waals surface area (Å²) in [6.07, 6.45) is 2.73. The number of nitrogens with one attached hydrogen (secondary N) is 1. The molecule has 0 aliphatic carbocycles. The summed E-state index contributed by atoms with van der Waals surface area (Å²) < 4.78 is 0. The minimum atomic E-state index is -0.195. The lowest BCUT2D eigenvalue weighted by molar-refractivity contribution is -0.123. The van der Waals surface area contributed by atoms with Crippen LogP contribution in [0.25, 0.3) is 0 Å². The zero-order valence-electron chi connectivity index (χ0n) is 10.4. The van der Waals surface area contributed by atoms with Crippen molar-refractivity contribution < 1.29 is 9.90 Å². The lowest BCUT2D eigenvalue weighted by Gasteiger charge is -2.33. The monoisotopic (exact) mass is 228 g/mol. The Labute approximate surface area is 98.0 Å². The number of unbranched alkanes of at least 4 members (excludes halogenated alkanes) is 1. The van der Waals surface area contributed by atoms with E-state index in [2.05, 4.69) is 17.1 Å². The number of rotatable bonds is 5. The molecule has 1 fully saturated rings. The molecule has 2 unspecified atom stereocenters. The van der Waals surface area contributed by atoms with Crippen molar-refractivity contribution in [1.82, 2.24) is 10.2 Å². The third kappa shape index (κ3) is 4.49. The second-order valence-electron chi connectivity index (χ2n) is 4.77. The van der Waals surface area contributed by atoms with E-state index in [9.17, 15) is 9.90 Å². The normalized spacial score (nSPS) is 26.7. The van der Waals surface area contributed by atoms with Crippen LogP contribution >= 0.6 is 0 Å². The number of likely N-dealkylation sites (tertiary alicyclic amines) is 1. The number of aliphatic hydroxyl groups excluding tert-OH is 1. The number of carbonyl (C=O) groups excluding carboxylic acids is 1. The van der Waals surface area contributed by atoms with Crippen molar-refractivity contribution in [3.8, 4) is 0 Å². The van der Waals surface area contributed by atoms with Crippen LogP contribution in [-0.2, 0) is 4.79 Å². The van der Waals surface area contributed by atoms with Crippen molar-refractivity contribution in [3.05, 3.63) is 0 Å². The molecule has 1 saturated heterocycles. The predicted molar refractivity (Wildman–Crippen MR) is 64.1 cm³/mol. The number of hydrogen-bond donors (Lipinski definition) is 2. The Bertz CT molecular complexity index is 221. The Kier molecular flexibility index (Phi) is 5.77. The summed E-state index contributed by atoms with van der Waals surface area (Å²) in [4.78, 5) is 13.7. The lowest BCUT2D eigenvalue weighted by Crippen LogP contribution is -2.46. The van der Waals surface area contributed by atoms with Gasteiger partial charge in [0, 0.05) is 19.6 Å². The van der Waals surface area contributed by atoms with Gasteiger partial charge < -0.3 is 10.4 Å². The third-order valence-corrected chi connectivity index (χ3v) is 3.16. The third-order valence-electron chi connectivity index (χ3n) is 3.16. The minimum absolute atomic E-state index is 0.108. The highest BCUT2D eigenvalue weighted by molar-refractivity contribution is 5.77. The van der Waals surface area contributed by atoms with Gasteiger partial charge in [-0.05, 0) is 18.8 Å². The molecule has 4 heteroatoms. The number of piperidine rings is 1. The van der Waals surface area contributed by atoms with Crippen molar-refractivity contribution in [2.75, 3.05) is 26.2 Å². The highest BCUT2D eigenvalue weighted by atomic mass is 16.3. The Balaban J connectivity index is 2.19. The minimum Gasteiger partial charge on any atom is -0.393 e. The molecular formula is C12H24N2O2. The summed E-state index contributed by atoms with van der Waals surface area (Å²) in [5, 5.41) is 12.5. The second kappa shape index (κ2) is 6.86. The van der Waals surface area contributed by atoms with E-state index in [4.69, 9.17) is 0 Å². The van der Waals surface area contributed by atoms with Crippen LogP contribution in [0.4, 0.5) is 0 Å². The molecular weight excluding hydrogens is 204 g/mol. The van der Waals surface area contributed by atoms with Gasteiger partial charge in [0.15, 0.2) is 0 Å². The molecule has 2 N–H and O–H groups in total. The fraction of sp³-hybridized carbons (Fsp3) is 0.917. The van der Waals surface area contributed by atoms with Gasteiger partial charge in [0.05, 0.1) is 12.6 Å². The SMILES string of the molecule is CCCCNC(=O)CN1CCC(O)C(C)C1. The van der Waals surface area contributed by atoms with Crippen molar-refractivity contribution in [3.63, 3.8) is 0 Å². The first-order chi connectivity index (χ1) is 7.63. The van der Waals surface area contributed by atoms with E-state index in [0.29, 0.717) is 6.54 Å². The maximum atomic E-state index is 11.6. The number of amides is 1. The summed E-state index contributed by atoms with van der Waals surface area (Å²) in [6.45, 7) is 7.04. The molecule has 4 nitrogen and oxygen atoms in total. The van der Waals surface area contributed by atoms with Gasteiger partial charge in [0.1, 0.15) is 0 Å². The van der Waals surface area contributed by atoms with Crippen LogP contribution < -0.4 is 5.32 Å². The van der Waals surface area contributed by atoms with Crippen LogP contribution in [0.1, 0.15) is 33.1 Å². The van der Waals surface area contributed by atoms with Crippen molar-refractivity contribution in [2.45, 2.75) is 39.2 Å². The van der Waals surface area contributed by atoms with E-state index in [0.717, 1.165) is 38.9 Å².